The minimum atomic E-state index is -0.506. The third kappa shape index (κ3) is 4.48. The molecule has 0 fully saturated rings. The molecule has 5 nitrogen and oxygen atoms in total. The average Bonchev–Trinajstić information content (AvgIpc) is 2.46. The summed E-state index contributed by atoms with van der Waals surface area (Å²) in [5.41, 5.74) is 0.253. The first-order valence-electron chi connectivity index (χ1n) is 5.54. The number of nitrogens with zero attached hydrogens (tertiary/aromatic N) is 1. The maximum Gasteiger partial charge on any atom is 0.319 e. The summed E-state index contributed by atoms with van der Waals surface area (Å²) in [5.74, 6) is -0.438. The van der Waals surface area contributed by atoms with E-state index >= 15 is 0 Å². The molecule has 0 aliphatic heterocycles. The number of rotatable bonds is 5. The van der Waals surface area contributed by atoms with E-state index < -0.39 is 11.8 Å². The minimum Gasteiger partial charge on any atom is -0.334 e. The fraction of sp³-hybridized carbons (Fsp3) is 0.0714. The fourth-order valence-electron chi connectivity index (χ4n) is 1.25. The van der Waals surface area contributed by atoms with Gasteiger partial charge in [0.1, 0.15) is 11.6 Å². The van der Waals surface area contributed by atoms with Crippen LogP contribution in [0.3, 0.4) is 0 Å². The van der Waals surface area contributed by atoms with E-state index in [1.165, 1.54) is 6.08 Å². The Labute approximate surface area is 111 Å². The number of nitrogens with one attached hydrogen (secondary N) is 2. The van der Waals surface area contributed by atoms with Gasteiger partial charge in [-0.05, 0) is 0 Å². The molecule has 1 aromatic rings. The van der Waals surface area contributed by atoms with Gasteiger partial charge < -0.3 is 10.6 Å². The summed E-state index contributed by atoms with van der Waals surface area (Å²) in [6.45, 7) is 3.75. The van der Waals surface area contributed by atoms with Crippen molar-refractivity contribution in [2.24, 2.45) is 0 Å². The van der Waals surface area contributed by atoms with E-state index in [0.29, 0.717) is 12.1 Å². The first kappa shape index (κ1) is 14.2. The topological polar surface area (TPSA) is 82.0 Å². The smallest absolute Gasteiger partial charge is 0.319 e. The van der Waals surface area contributed by atoms with E-state index in [0.717, 1.165) is 6.20 Å². The second-order valence-corrected chi connectivity index (χ2v) is 3.51. The molecule has 0 heterocycles. The van der Waals surface area contributed by atoms with Crippen LogP contribution < -0.4 is 10.6 Å². The first-order valence-corrected chi connectivity index (χ1v) is 5.54. The summed E-state index contributed by atoms with van der Waals surface area (Å²) in [7, 11) is 0. The number of allylic oxidation sites excluding steroid dienone is 1. The van der Waals surface area contributed by atoms with Gasteiger partial charge >= 0.3 is 6.03 Å². The number of hydrogen-bond donors (Lipinski definition) is 2. The van der Waals surface area contributed by atoms with Crippen LogP contribution in [0.25, 0.3) is 0 Å². The highest BCUT2D eigenvalue weighted by Gasteiger charge is 2.11. The number of amides is 2. The van der Waals surface area contributed by atoms with Crippen LogP contribution in [0.2, 0.25) is 0 Å². The molecule has 0 saturated heterocycles. The number of hydrogen-bond acceptors (Lipinski definition) is 3. The van der Waals surface area contributed by atoms with Crippen molar-refractivity contribution in [3.8, 4) is 6.07 Å². The largest absolute Gasteiger partial charge is 0.334 e. The lowest BCUT2D eigenvalue weighted by Crippen LogP contribution is -2.32. The van der Waals surface area contributed by atoms with Crippen molar-refractivity contribution in [2.75, 3.05) is 6.54 Å². The van der Waals surface area contributed by atoms with Crippen molar-refractivity contribution in [1.82, 2.24) is 10.6 Å². The van der Waals surface area contributed by atoms with Crippen molar-refractivity contribution in [3.63, 3.8) is 0 Å². The molecule has 0 aromatic heterocycles. The van der Waals surface area contributed by atoms with E-state index in [9.17, 15) is 9.59 Å². The standard InChI is InChI=1S/C14H13N3O2/c1-2-8-16-14(19)17-10-12(9-15)13(18)11-6-4-3-5-7-11/h2-7,10H,1,8H2,(H2,16,17,19)/b12-10+. The molecular weight excluding hydrogens is 242 g/mol. The van der Waals surface area contributed by atoms with Crippen LogP contribution in [0.5, 0.6) is 0 Å². The van der Waals surface area contributed by atoms with Gasteiger partial charge in [-0.1, -0.05) is 36.4 Å². The van der Waals surface area contributed by atoms with Crippen LogP contribution in [-0.4, -0.2) is 18.4 Å². The normalized spacial score (nSPS) is 10.2. The average molecular weight is 255 g/mol. The zero-order valence-electron chi connectivity index (χ0n) is 10.2. The highest BCUT2D eigenvalue weighted by Crippen LogP contribution is 2.06. The van der Waals surface area contributed by atoms with Gasteiger partial charge in [0, 0.05) is 18.3 Å². The maximum absolute atomic E-state index is 11.9. The number of Topliss-reactive ketones (excluding diaryl/α,β-unsaturated/α-hetero) is 1. The second kappa shape index (κ2) is 7.45. The van der Waals surface area contributed by atoms with Crippen molar-refractivity contribution in [2.45, 2.75) is 0 Å². The van der Waals surface area contributed by atoms with E-state index in [-0.39, 0.29) is 5.57 Å². The molecule has 0 spiro atoms. The fourth-order valence-corrected chi connectivity index (χ4v) is 1.25. The number of carbonyl (C=O) groups excluding carboxylic acids is 2. The van der Waals surface area contributed by atoms with Gasteiger partial charge in [-0.15, -0.1) is 6.58 Å². The summed E-state index contributed by atoms with van der Waals surface area (Å²) in [4.78, 5) is 23.2. The van der Waals surface area contributed by atoms with Gasteiger partial charge in [0.2, 0.25) is 5.78 Å². The molecule has 0 saturated carbocycles. The molecular formula is C14H13N3O2. The van der Waals surface area contributed by atoms with Crippen molar-refractivity contribution in [1.29, 1.82) is 5.26 Å². The molecule has 0 aliphatic rings. The Bertz CT molecular complexity index is 542. The molecule has 19 heavy (non-hydrogen) atoms. The van der Waals surface area contributed by atoms with E-state index in [1.54, 1.807) is 36.4 Å². The van der Waals surface area contributed by atoms with Crippen molar-refractivity contribution >= 4 is 11.8 Å². The molecule has 1 rings (SSSR count). The zero-order chi connectivity index (χ0) is 14.1. The number of ketones is 1. The summed E-state index contributed by atoms with van der Waals surface area (Å²) in [5, 5.41) is 13.7. The number of carbonyl (C=O) groups is 2. The van der Waals surface area contributed by atoms with E-state index in [1.807, 2.05) is 0 Å². The minimum absolute atomic E-state index is 0.139. The van der Waals surface area contributed by atoms with Gasteiger partial charge in [-0.3, -0.25) is 4.79 Å². The Morgan fingerprint density at radius 3 is 2.58 bits per heavy atom. The van der Waals surface area contributed by atoms with Crippen LogP contribution in [0.15, 0.2) is 54.8 Å². The molecule has 2 amide bonds. The molecule has 0 aliphatic carbocycles. The summed E-state index contributed by atoms with van der Waals surface area (Å²) < 4.78 is 0. The third-order valence-electron chi connectivity index (χ3n) is 2.16. The van der Waals surface area contributed by atoms with Gasteiger partial charge in [0.25, 0.3) is 0 Å². The molecule has 0 atom stereocenters. The number of benzene rings is 1. The lowest BCUT2D eigenvalue weighted by Gasteiger charge is -2.02. The van der Waals surface area contributed by atoms with Gasteiger partial charge in [-0.25, -0.2) is 4.79 Å². The Morgan fingerprint density at radius 2 is 2.00 bits per heavy atom. The quantitative estimate of drug-likeness (QED) is 0.364. The Balaban J connectivity index is 2.73. The Kier molecular flexibility index (Phi) is 5.57. The monoisotopic (exact) mass is 255 g/mol. The predicted octanol–water partition coefficient (Wildman–Crippen LogP) is 1.76. The second-order valence-electron chi connectivity index (χ2n) is 3.51. The lowest BCUT2D eigenvalue weighted by atomic mass is 10.1. The van der Waals surface area contributed by atoms with Gasteiger partial charge in [0.05, 0.1) is 0 Å². The van der Waals surface area contributed by atoms with Crippen molar-refractivity contribution in [3.05, 3.63) is 60.3 Å². The van der Waals surface area contributed by atoms with Gasteiger partial charge in [0.15, 0.2) is 0 Å². The highest BCUT2D eigenvalue weighted by molar-refractivity contribution is 6.11. The summed E-state index contributed by atoms with van der Waals surface area (Å²) >= 11 is 0. The summed E-state index contributed by atoms with van der Waals surface area (Å²) in [6.07, 6.45) is 2.61. The molecule has 5 heteroatoms. The molecule has 2 N–H and O–H groups in total. The van der Waals surface area contributed by atoms with Crippen molar-refractivity contribution < 1.29 is 9.59 Å². The third-order valence-corrected chi connectivity index (χ3v) is 2.16. The van der Waals surface area contributed by atoms with Crippen LogP contribution in [0.4, 0.5) is 4.79 Å². The summed E-state index contributed by atoms with van der Waals surface area (Å²) in [6, 6.07) is 9.63. The Hall–Kier alpha value is -2.87. The molecule has 0 radical (unpaired) electrons. The van der Waals surface area contributed by atoms with Gasteiger partial charge in [-0.2, -0.15) is 5.26 Å². The van der Waals surface area contributed by atoms with Crippen LogP contribution >= 0.6 is 0 Å². The SMILES string of the molecule is C=CCNC(=O)N/C=C(\C#N)C(=O)c1ccccc1. The zero-order valence-corrected chi connectivity index (χ0v) is 10.2. The van der Waals surface area contributed by atoms with E-state index in [2.05, 4.69) is 17.2 Å². The molecule has 1 aromatic carbocycles. The molecule has 96 valence electrons. The van der Waals surface area contributed by atoms with Crippen LogP contribution in [0, 0.1) is 11.3 Å². The highest BCUT2D eigenvalue weighted by atomic mass is 16.2. The number of urea groups is 1. The van der Waals surface area contributed by atoms with Crippen LogP contribution in [0.1, 0.15) is 10.4 Å². The maximum atomic E-state index is 11.9. The van der Waals surface area contributed by atoms with E-state index in [4.69, 9.17) is 5.26 Å². The number of nitriles is 1. The molecule has 0 unspecified atom stereocenters. The Morgan fingerprint density at radius 1 is 1.32 bits per heavy atom. The molecule has 0 bridgehead atoms. The van der Waals surface area contributed by atoms with Crippen LogP contribution in [-0.2, 0) is 0 Å². The lowest BCUT2D eigenvalue weighted by molar-refractivity contribution is 0.103. The predicted molar refractivity (Wildman–Crippen MR) is 71.2 cm³/mol. The first-order chi connectivity index (χ1) is 9.19.